The molecule has 1 amide bonds. The molecule has 5 heteroatoms. The smallest absolute Gasteiger partial charge is 0.223 e. The lowest BCUT2D eigenvalue weighted by molar-refractivity contribution is -0.128. The van der Waals surface area contributed by atoms with Crippen molar-refractivity contribution in [2.75, 3.05) is 18.9 Å². The van der Waals surface area contributed by atoms with Gasteiger partial charge in [-0.2, -0.15) is 0 Å². The third kappa shape index (κ3) is 3.38. The molecule has 1 saturated heterocycles. The number of hydrogen-bond donors (Lipinski definition) is 1. The van der Waals surface area contributed by atoms with Crippen LogP contribution in [0.15, 0.2) is 12.1 Å². The third-order valence-corrected chi connectivity index (χ3v) is 3.85. The van der Waals surface area contributed by atoms with Gasteiger partial charge in [-0.25, -0.2) is 4.98 Å². The summed E-state index contributed by atoms with van der Waals surface area (Å²) in [6.07, 6.45) is 2.90. The largest absolute Gasteiger partial charge is 0.373 e. The van der Waals surface area contributed by atoms with Gasteiger partial charge in [-0.1, -0.05) is 24.9 Å². The number of aromatic nitrogens is 1. The molecule has 1 unspecified atom stereocenters. The van der Waals surface area contributed by atoms with Gasteiger partial charge in [-0.3, -0.25) is 4.79 Å². The summed E-state index contributed by atoms with van der Waals surface area (Å²) in [6.45, 7) is 3.49. The maximum absolute atomic E-state index is 12.0. The number of halogens is 1. The molecule has 0 spiro atoms. The van der Waals surface area contributed by atoms with Crippen molar-refractivity contribution in [2.24, 2.45) is 5.92 Å². The van der Waals surface area contributed by atoms with Gasteiger partial charge >= 0.3 is 0 Å². The molecule has 1 atom stereocenters. The molecule has 104 valence electrons. The Labute approximate surface area is 119 Å². The van der Waals surface area contributed by atoms with Crippen LogP contribution in [0.3, 0.4) is 0 Å². The second-order valence-electron chi connectivity index (χ2n) is 5.01. The van der Waals surface area contributed by atoms with E-state index in [2.05, 4.69) is 17.2 Å². The average molecular weight is 282 g/mol. The number of pyridine rings is 1. The van der Waals surface area contributed by atoms with Gasteiger partial charge in [0.05, 0.1) is 17.3 Å². The van der Waals surface area contributed by atoms with Crippen LogP contribution in [0.4, 0.5) is 5.82 Å². The SMILES string of the molecule is CCCC1CC(=O)N(Cc2nc(NC)ccc2Cl)C1. The molecule has 1 aromatic rings. The van der Waals surface area contributed by atoms with Crippen molar-refractivity contribution >= 4 is 23.3 Å². The fourth-order valence-corrected chi connectivity index (χ4v) is 2.69. The number of rotatable bonds is 5. The van der Waals surface area contributed by atoms with Crippen molar-refractivity contribution in [2.45, 2.75) is 32.7 Å². The van der Waals surface area contributed by atoms with Crippen LogP contribution in [0, 0.1) is 5.92 Å². The molecule has 1 aliphatic heterocycles. The third-order valence-electron chi connectivity index (χ3n) is 3.51. The first kappa shape index (κ1) is 14.1. The van der Waals surface area contributed by atoms with Gasteiger partial charge in [0.1, 0.15) is 5.82 Å². The standard InChI is InChI=1S/C14H20ClN3O/c1-3-4-10-7-14(19)18(8-10)9-12-11(15)5-6-13(16-2)17-12/h5-6,10H,3-4,7-9H2,1-2H3,(H,16,17). The van der Waals surface area contributed by atoms with Crippen LogP contribution in [0.2, 0.25) is 5.02 Å². The van der Waals surface area contributed by atoms with Crippen LogP contribution in [0.25, 0.3) is 0 Å². The molecule has 1 aromatic heterocycles. The first-order valence-corrected chi connectivity index (χ1v) is 7.12. The number of anilines is 1. The van der Waals surface area contributed by atoms with Crippen molar-refractivity contribution in [3.05, 3.63) is 22.8 Å². The monoisotopic (exact) mass is 281 g/mol. The maximum Gasteiger partial charge on any atom is 0.223 e. The minimum absolute atomic E-state index is 0.214. The Morgan fingerprint density at radius 3 is 3.00 bits per heavy atom. The predicted octanol–water partition coefficient (Wildman–Crippen LogP) is 2.93. The first-order chi connectivity index (χ1) is 9.13. The Balaban J connectivity index is 2.07. The van der Waals surface area contributed by atoms with E-state index in [1.54, 1.807) is 0 Å². The van der Waals surface area contributed by atoms with Crippen LogP contribution in [-0.4, -0.2) is 29.4 Å². The van der Waals surface area contributed by atoms with E-state index in [-0.39, 0.29) is 5.91 Å². The minimum Gasteiger partial charge on any atom is -0.373 e. The van der Waals surface area contributed by atoms with Crippen molar-refractivity contribution in [3.63, 3.8) is 0 Å². The van der Waals surface area contributed by atoms with E-state index in [0.717, 1.165) is 30.9 Å². The summed E-state index contributed by atoms with van der Waals surface area (Å²) in [5, 5.41) is 3.60. The fraction of sp³-hybridized carbons (Fsp3) is 0.571. The zero-order valence-electron chi connectivity index (χ0n) is 11.4. The highest BCUT2D eigenvalue weighted by molar-refractivity contribution is 6.31. The Hall–Kier alpha value is -1.29. The number of nitrogens with zero attached hydrogens (tertiary/aromatic N) is 2. The first-order valence-electron chi connectivity index (χ1n) is 6.75. The summed E-state index contributed by atoms with van der Waals surface area (Å²) in [4.78, 5) is 18.3. The van der Waals surface area contributed by atoms with Crippen molar-refractivity contribution in [1.82, 2.24) is 9.88 Å². The molecule has 2 heterocycles. The summed E-state index contributed by atoms with van der Waals surface area (Å²) in [5.74, 6) is 1.48. The van der Waals surface area contributed by atoms with Crippen LogP contribution >= 0.6 is 11.6 Å². The van der Waals surface area contributed by atoms with Gasteiger partial charge in [-0.05, 0) is 24.5 Å². The number of likely N-dealkylation sites (tertiary alicyclic amines) is 1. The Morgan fingerprint density at radius 1 is 1.53 bits per heavy atom. The highest BCUT2D eigenvalue weighted by Gasteiger charge is 2.29. The van der Waals surface area contributed by atoms with Crippen molar-refractivity contribution < 1.29 is 4.79 Å². The molecule has 19 heavy (non-hydrogen) atoms. The van der Waals surface area contributed by atoms with Crippen LogP contribution < -0.4 is 5.32 Å². The summed E-state index contributed by atoms with van der Waals surface area (Å²) >= 11 is 6.15. The van der Waals surface area contributed by atoms with Gasteiger partial charge in [0, 0.05) is 20.0 Å². The molecule has 2 rings (SSSR count). The quantitative estimate of drug-likeness (QED) is 0.903. The van der Waals surface area contributed by atoms with E-state index in [1.165, 1.54) is 0 Å². The van der Waals surface area contributed by atoms with E-state index in [4.69, 9.17) is 11.6 Å². The van der Waals surface area contributed by atoms with Crippen molar-refractivity contribution in [3.8, 4) is 0 Å². The molecule has 0 bridgehead atoms. The van der Waals surface area contributed by atoms with E-state index < -0.39 is 0 Å². The second kappa shape index (κ2) is 6.24. The van der Waals surface area contributed by atoms with Gasteiger partial charge in [0.15, 0.2) is 0 Å². The predicted molar refractivity (Wildman–Crippen MR) is 77.2 cm³/mol. The number of amides is 1. The normalized spacial score (nSPS) is 19.0. The molecule has 1 N–H and O–H groups in total. The van der Waals surface area contributed by atoms with Gasteiger partial charge < -0.3 is 10.2 Å². The number of carbonyl (C=O) groups excluding carboxylic acids is 1. The van der Waals surface area contributed by atoms with E-state index in [0.29, 0.717) is 23.9 Å². The molecular weight excluding hydrogens is 262 g/mol. The number of carbonyl (C=O) groups is 1. The zero-order valence-corrected chi connectivity index (χ0v) is 12.2. The number of nitrogens with one attached hydrogen (secondary N) is 1. The summed E-state index contributed by atoms with van der Waals surface area (Å²) in [5.41, 5.74) is 0.763. The Morgan fingerprint density at radius 2 is 2.32 bits per heavy atom. The highest BCUT2D eigenvalue weighted by Crippen LogP contribution is 2.25. The molecule has 1 fully saturated rings. The summed E-state index contributed by atoms with van der Waals surface area (Å²) in [6, 6.07) is 3.65. The summed E-state index contributed by atoms with van der Waals surface area (Å²) < 4.78 is 0. The average Bonchev–Trinajstić information content (AvgIpc) is 2.73. The molecule has 0 aliphatic carbocycles. The van der Waals surface area contributed by atoms with E-state index >= 15 is 0 Å². The molecular formula is C14H20ClN3O. The van der Waals surface area contributed by atoms with Crippen molar-refractivity contribution in [1.29, 1.82) is 0 Å². The Kier molecular flexibility index (Phi) is 4.64. The second-order valence-corrected chi connectivity index (χ2v) is 5.42. The Bertz CT molecular complexity index is 464. The van der Waals surface area contributed by atoms with Gasteiger partial charge in [-0.15, -0.1) is 0 Å². The highest BCUT2D eigenvalue weighted by atomic mass is 35.5. The van der Waals surface area contributed by atoms with Crippen LogP contribution in [0.5, 0.6) is 0 Å². The molecule has 1 aliphatic rings. The maximum atomic E-state index is 12.0. The lowest BCUT2D eigenvalue weighted by Gasteiger charge is -2.17. The molecule has 4 nitrogen and oxygen atoms in total. The zero-order chi connectivity index (χ0) is 13.8. The van der Waals surface area contributed by atoms with Gasteiger partial charge in [0.2, 0.25) is 5.91 Å². The number of hydrogen-bond acceptors (Lipinski definition) is 3. The minimum atomic E-state index is 0.214. The topological polar surface area (TPSA) is 45.2 Å². The summed E-state index contributed by atoms with van der Waals surface area (Å²) in [7, 11) is 1.82. The van der Waals surface area contributed by atoms with Crippen LogP contribution in [-0.2, 0) is 11.3 Å². The van der Waals surface area contributed by atoms with Crippen LogP contribution in [0.1, 0.15) is 31.9 Å². The lowest BCUT2D eigenvalue weighted by atomic mass is 10.0. The molecule has 0 aromatic carbocycles. The lowest BCUT2D eigenvalue weighted by Crippen LogP contribution is -2.25. The fourth-order valence-electron chi connectivity index (χ4n) is 2.52. The van der Waals surface area contributed by atoms with Gasteiger partial charge in [0.25, 0.3) is 0 Å². The molecule has 0 radical (unpaired) electrons. The van der Waals surface area contributed by atoms with E-state index in [9.17, 15) is 4.79 Å². The van der Waals surface area contributed by atoms with E-state index in [1.807, 2.05) is 24.1 Å². The molecule has 0 saturated carbocycles.